The van der Waals surface area contributed by atoms with E-state index in [1.54, 1.807) is 18.3 Å². The summed E-state index contributed by atoms with van der Waals surface area (Å²) in [6, 6.07) is 5.64. The Kier molecular flexibility index (Phi) is 6.42. The van der Waals surface area contributed by atoms with Crippen molar-refractivity contribution in [1.82, 2.24) is 20.2 Å². The van der Waals surface area contributed by atoms with Gasteiger partial charge in [0.05, 0.1) is 11.6 Å². The number of hydrogen-bond donors (Lipinski definition) is 3. The standard InChI is InChI=1S/C22H29N5O3/c28-18-8-6-17(7-9-18)25-22-24-14-16-5-4-15(13-19(16)26-22)21(30)23-10-12-27-11-2-1-3-20(27)29/h4-5,13-14,17-18,28H,1-3,6-12H2,(H,23,30)(H,24,25,26). The van der Waals surface area contributed by atoms with Crippen LogP contribution in [0.25, 0.3) is 10.9 Å². The lowest BCUT2D eigenvalue weighted by Gasteiger charge is -2.26. The number of anilines is 1. The SMILES string of the molecule is O=C(NCCN1CCCCC1=O)c1ccc2cnc(NC3CCC(O)CC3)nc2c1. The molecular weight excluding hydrogens is 382 g/mol. The average Bonchev–Trinajstić information content (AvgIpc) is 2.76. The van der Waals surface area contributed by atoms with E-state index in [-0.39, 0.29) is 24.0 Å². The molecule has 2 fully saturated rings. The minimum atomic E-state index is -0.199. The van der Waals surface area contributed by atoms with Gasteiger partial charge in [-0.2, -0.15) is 0 Å². The number of fused-ring (bicyclic) bond motifs is 1. The topological polar surface area (TPSA) is 107 Å². The molecular formula is C22H29N5O3. The first-order valence-electron chi connectivity index (χ1n) is 10.9. The molecule has 0 spiro atoms. The number of nitrogens with zero attached hydrogens (tertiary/aromatic N) is 3. The molecule has 0 unspecified atom stereocenters. The molecule has 1 aromatic heterocycles. The van der Waals surface area contributed by atoms with Crippen LogP contribution in [0.2, 0.25) is 0 Å². The van der Waals surface area contributed by atoms with Gasteiger partial charge >= 0.3 is 0 Å². The molecule has 2 heterocycles. The minimum Gasteiger partial charge on any atom is -0.393 e. The third-order valence-electron chi connectivity index (χ3n) is 5.96. The highest BCUT2D eigenvalue weighted by Gasteiger charge is 2.20. The molecule has 0 radical (unpaired) electrons. The van der Waals surface area contributed by atoms with Gasteiger partial charge in [0.15, 0.2) is 0 Å². The Labute approximate surface area is 176 Å². The average molecular weight is 412 g/mol. The maximum Gasteiger partial charge on any atom is 0.251 e. The Morgan fingerprint density at radius 3 is 2.83 bits per heavy atom. The van der Waals surface area contributed by atoms with Crippen LogP contribution in [0.15, 0.2) is 24.4 Å². The van der Waals surface area contributed by atoms with Crippen LogP contribution in [0.3, 0.4) is 0 Å². The first-order valence-corrected chi connectivity index (χ1v) is 10.9. The highest BCUT2D eigenvalue weighted by molar-refractivity contribution is 5.97. The zero-order valence-corrected chi connectivity index (χ0v) is 17.1. The Hall–Kier alpha value is -2.74. The summed E-state index contributed by atoms with van der Waals surface area (Å²) in [5, 5.41) is 16.8. The molecule has 1 aliphatic heterocycles. The van der Waals surface area contributed by atoms with Gasteiger partial charge in [0.2, 0.25) is 11.9 Å². The van der Waals surface area contributed by atoms with Gasteiger partial charge in [0.25, 0.3) is 5.91 Å². The van der Waals surface area contributed by atoms with Crippen molar-refractivity contribution in [2.24, 2.45) is 0 Å². The number of aliphatic hydroxyl groups excluding tert-OH is 1. The quantitative estimate of drug-likeness (QED) is 0.672. The van der Waals surface area contributed by atoms with Crippen LogP contribution in [0.5, 0.6) is 0 Å². The minimum absolute atomic E-state index is 0.171. The second-order valence-electron chi connectivity index (χ2n) is 8.21. The Morgan fingerprint density at radius 2 is 2.03 bits per heavy atom. The van der Waals surface area contributed by atoms with E-state index in [0.29, 0.717) is 36.5 Å². The van der Waals surface area contributed by atoms with Crippen molar-refractivity contribution in [3.05, 3.63) is 30.0 Å². The first-order chi connectivity index (χ1) is 14.6. The van der Waals surface area contributed by atoms with Crippen LogP contribution in [0, 0.1) is 0 Å². The van der Waals surface area contributed by atoms with Gasteiger partial charge in [-0.3, -0.25) is 9.59 Å². The zero-order chi connectivity index (χ0) is 20.9. The molecule has 1 saturated carbocycles. The van der Waals surface area contributed by atoms with Gasteiger partial charge in [-0.25, -0.2) is 9.97 Å². The zero-order valence-electron chi connectivity index (χ0n) is 17.1. The largest absolute Gasteiger partial charge is 0.393 e. The Morgan fingerprint density at radius 1 is 1.20 bits per heavy atom. The third kappa shape index (κ3) is 5.05. The van der Waals surface area contributed by atoms with Crippen molar-refractivity contribution < 1.29 is 14.7 Å². The van der Waals surface area contributed by atoms with Crippen LogP contribution in [-0.2, 0) is 4.79 Å². The molecule has 1 aliphatic carbocycles. The van der Waals surface area contributed by atoms with E-state index in [1.165, 1.54) is 0 Å². The number of rotatable bonds is 6. The predicted octanol–water partition coefficient (Wildman–Crippen LogP) is 2.09. The fraction of sp³-hybridized carbons (Fsp3) is 0.545. The van der Waals surface area contributed by atoms with Gasteiger partial charge < -0.3 is 20.6 Å². The number of piperidine rings is 1. The lowest BCUT2D eigenvalue weighted by Crippen LogP contribution is -2.41. The molecule has 2 aliphatic rings. The summed E-state index contributed by atoms with van der Waals surface area (Å²) in [7, 11) is 0. The molecule has 1 saturated heterocycles. The number of hydrogen-bond acceptors (Lipinski definition) is 6. The molecule has 160 valence electrons. The summed E-state index contributed by atoms with van der Waals surface area (Å²) in [6.45, 7) is 1.76. The third-order valence-corrected chi connectivity index (χ3v) is 5.96. The van der Waals surface area contributed by atoms with Gasteiger partial charge in [0.1, 0.15) is 0 Å². The first kappa shape index (κ1) is 20.5. The number of aromatic nitrogens is 2. The van der Waals surface area contributed by atoms with Crippen molar-refractivity contribution in [3.8, 4) is 0 Å². The second kappa shape index (κ2) is 9.38. The molecule has 0 bridgehead atoms. The van der Waals surface area contributed by atoms with Crippen LogP contribution in [-0.4, -0.2) is 63.6 Å². The summed E-state index contributed by atoms with van der Waals surface area (Å²) in [5.41, 5.74) is 1.25. The Bertz CT molecular complexity index is 911. The molecule has 4 rings (SSSR count). The molecule has 1 aromatic carbocycles. The van der Waals surface area contributed by atoms with Crippen molar-refractivity contribution in [3.63, 3.8) is 0 Å². The summed E-state index contributed by atoms with van der Waals surface area (Å²) >= 11 is 0. The van der Waals surface area contributed by atoms with E-state index in [1.807, 2.05) is 11.0 Å². The summed E-state index contributed by atoms with van der Waals surface area (Å²) in [5.74, 6) is 0.547. The number of likely N-dealkylation sites (tertiary alicyclic amines) is 1. The molecule has 30 heavy (non-hydrogen) atoms. The monoisotopic (exact) mass is 411 g/mol. The van der Waals surface area contributed by atoms with E-state index in [9.17, 15) is 14.7 Å². The Balaban J connectivity index is 1.36. The number of nitrogens with one attached hydrogen (secondary N) is 2. The maximum atomic E-state index is 12.5. The van der Waals surface area contributed by atoms with Crippen molar-refractivity contribution in [2.45, 2.75) is 57.1 Å². The van der Waals surface area contributed by atoms with Crippen molar-refractivity contribution in [2.75, 3.05) is 25.0 Å². The van der Waals surface area contributed by atoms with Crippen LogP contribution in [0.1, 0.15) is 55.3 Å². The molecule has 0 atom stereocenters. The molecule has 3 N–H and O–H groups in total. The van der Waals surface area contributed by atoms with Crippen LogP contribution >= 0.6 is 0 Å². The van der Waals surface area contributed by atoms with Crippen molar-refractivity contribution in [1.29, 1.82) is 0 Å². The fourth-order valence-electron chi connectivity index (χ4n) is 4.14. The van der Waals surface area contributed by atoms with Gasteiger partial charge in [-0.1, -0.05) is 6.07 Å². The summed E-state index contributed by atoms with van der Waals surface area (Å²) < 4.78 is 0. The van der Waals surface area contributed by atoms with E-state index >= 15 is 0 Å². The number of carbonyl (C=O) groups is 2. The van der Waals surface area contributed by atoms with Gasteiger partial charge in [-0.15, -0.1) is 0 Å². The van der Waals surface area contributed by atoms with E-state index in [4.69, 9.17) is 0 Å². The van der Waals surface area contributed by atoms with Crippen LogP contribution < -0.4 is 10.6 Å². The van der Waals surface area contributed by atoms with Gasteiger partial charge in [0, 0.05) is 49.2 Å². The lowest BCUT2D eigenvalue weighted by atomic mass is 9.93. The lowest BCUT2D eigenvalue weighted by molar-refractivity contribution is -0.133. The predicted molar refractivity (Wildman–Crippen MR) is 114 cm³/mol. The molecule has 8 heteroatoms. The normalized spacial score (nSPS) is 22.2. The highest BCUT2D eigenvalue weighted by atomic mass is 16.3. The van der Waals surface area contributed by atoms with Crippen LogP contribution in [0.4, 0.5) is 5.95 Å². The number of carbonyl (C=O) groups excluding carboxylic acids is 2. The number of amides is 2. The summed E-state index contributed by atoms with van der Waals surface area (Å²) in [4.78, 5) is 35.2. The fourth-order valence-corrected chi connectivity index (χ4v) is 4.14. The maximum absolute atomic E-state index is 12.5. The number of aliphatic hydroxyl groups is 1. The van der Waals surface area contributed by atoms with Crippen molar-refractivity contribution >= 4 is 28.7 Å². The van der Waals surface area contributed by atoms with E-state index in [0.717, 1.165) is 50.5 Å². The molecule has 8 nitrogen and oxygen atoms in total. The summed E-state index contributed by atoms with van der Waals surface area (Å²) in [6.07, 6.45) is 7.52. The molecule has 2 amide bonds. The van der Waals surface area contributed by atoms with Gasteiger partial charge in [-0.05, 0) is 50.7 Å². The number of benzene rings is 1. The second-order valence-corrected chi connectivity index (χ2v) is 8.21. The smallest absolute Gasteiger partial charge is 0.251 e. The highest BCUT2D eigenvalue weighted by Crippen LogP contribution is 2.22. The molecule has 2 aromatic rings. The van der Waals surface area contributed by atoms with E-state index < -0.39 is 0 Å². The van der Waals surface area contributed by atoms with E-state index in [2.05, 4.69) is 20.6 Å².